The fourth-order valence-electron chi connectivity index (χ4n) is 2.91. The average molecular weight is 358 g/mol. The molecule has 7 nitrogen and oxygen atoms in total. The van der Waals surface area contributed by atoms with E-state index in [1.165, 1.54) is 19.1 Å². The summed E-state index contributed by atoms with van der Waals surface area (Å²) in [6.07, 6.45) is 4.76. The number of carbonyl (C=O) groups excluding carboxylic acids is 1. The largest absolute Gasteiger partial charge is 0.484 e. The standard InChI is InChI=1S/C19H22N2O5/c1-2-7-21(9-13-3-4-13)19(22)15-10-24-18(20-15)11-23-14-5-6-16-17(8-14)26-12-25-16/h5-6,8,10,13H,2-4,7,9,11-12H2,1H3. The Labute approximate surface area is 151 Å². The number of hydrogen-bond donors (Lipinski definition) is 0. The van der Waals surface area contributed by atoms with Crippen LogP contribution in [0, 0.1) is 5.92 Å². The smallest absolute Gasteiger partial charge is 0.275 e. The van der Waals surface area contributed by atoms with E-state index < -0.39 is 0 Å². The van der Waals surface area contributed by atoms with Crippen LogP contribution in [0.1, 0.15) is 42.6 Å². The maximum absolute atomic E-state index is 12.6. The zero-order chi connectivity index (χ0) is 17.9. The third kappa shape index (κ3) is 3.76. The lowest BCUT2D eigenvalue weighted by Crippen LogP contribution is -2.33. The Bertz CT molecular complexity index is 784. The molecule has 2 aliphatic rings. The fraction of sp³-hybridized carbons (Fsp3) is 0.474. The Morgan fingerprint density at radius 3 is 2.96 bits per heavy atom. The van der Waals surface area contributed by atoms with Crippen LogP contribution in [0.5, 0.6) is 17.2 Å². The Morgan fingerprint density at radius 2 is 2.15 bits per heavy atom. The molecule has 1 aliphatic carbocycles. The molecule has 0 bridgehead atoms. The molecule has 0 spiro atoms. The first-order valence-electron chi connectivity index (χ1n) is 8.99. The van der Waals surface area contributed by atoms with Crippen molar-refractivity contribution in [2.24, 2.45) is 5.92 Å². The van der Waals surface area contributed by atoms with Crippen molar-refractivity contribution in [1.29, 1.82) is 0 Å². The summed E-state index contributed by atoms with van der Waals surface area (Å²) in [4.78, 5) is 18.8. The maximum Gasteiger partial charge on any atom is 0.275 e. The zero-order valence-corrected chi connectivity index (χ0v) is 14.8. The summed E-state index contributed by atoms with van der Waals surface area (Å²) in [6, 6.07) is 5.35. The van der Waals surface area contributed by atoms with Crippen molar-refractivity contribution in [2.75, 3.05) is 19.9 Å². The van der Waals surface area contributed by atoms with Crippen molar-refractivity contribution >= 4 is 5.91 Å². The minimum Gasteiger partial charge on any atom is -0.484 e. The fourth-order valence-corrected chi connectivity index (χ4v) is 2.91. The van der Waals surface area contributed by atoms with Gasteiger partial charge in [-0.15, -0.1) is 0 Å². The molecule has 1 fully saturated rings. The van der Waals surface area contributed by atoms with Gasteiger partial charge in [0, 0.05) is 19.2 Å². The second kappa shape index (κ2) is 7.27. The minimum atomic E-state index is -0.0724. The number of fused-ring (bicyclic) bond motifs is 1. The Kier molecular flexibility index (Phi) is 4.69. The molecule has 0 saturated heterocycles. The highest BCUT2D eigenvalue weighted by atomic mass is 16.7. The molecule has 7 heteroatoms. The van der Waals surface area contributed by atoms with E-state index in [0.717, 1.165) is 19.5 Å². The summed E-state index contributed by atoms with van der Waals surface area (Å²) in [5, 5.41) is 0. The average Bonchev–Trinajstić information content (AvgIpc) is 3.16. The van der Waals surface area contributed by atoms with Crippen LogP contribution in [0.15, 0.2) is 28.9 Å². The zero-order valence-electron chi connectivity index (χ0n) is 14.8. The van der Waals surface area contributed by atoms with Crippen molar-refractivity contribution < 1.29 is 23.4 Å². The third-order valence-electron chi connectivity index (χ3n) is 4.43. The van der Waals surface area contributed by atoms with Crippen molar-refractivity contribution in [3.63, 3.8) is 0 Å². The number of benzene rings is 1. The summed E-state index contributed by atoms with van der Waals surface area (Å²) < 4.78 is 21.7. The normalized spacial score (nSPS) is 15.1. The van der Waals surface area contributed by atoms with E-state index in [9.17, 15) is 4.79 Å². The van der Waals surface area contributed by atoms with E-state index in [0.29, 0.717) is 34.8 Å². The number of oxazole rings is 1. The highest BCUT2D eigenvalue weighted by molar-refractivity contribution is 5.92. The molecule has 0 N–H and O–H groups in total. The van der Waals surface area contributed by atoms with Gasteiger partial charge in [0.25, 0.3) is 5.91 Å². The molecule has 0 unspecified atom stereocenters. The lowest BCUT2D eigenvalue weighted by atomic mass is 10.3. The van der Waals surface area contributed by atoms with Crippen molar-refractivity contribution in [2.45, 2.75) is 32.8 Å². The third-order valence-corrected chi connectivity index (χ3v) is 4.43. The number of carbonyl (C=O) groups is 1. The Morgan fingerprint density at radius 1 is 1.31 bits per heavy atom. The van der Waals surface area contributed by atoms with E-state index >= 15 is 0 Å². The van der Waals surface area contributed by atoms with Crippen LogP contribution in [0.2, 0.25) is 0 Å². The van der Waals surface area contributed by atoms with E-state index in [1.54, 1.807) is 18.2 Å². The predicted octanol–water partition coefficient (Wildman–Crippen LogP) is 3.24. The molecule has 138 valence electrons. The van der Waals surface area contributed by atoms with Crippen molar-refractivity contribution in [1.82, 2.24) is 9.88 Å². The van der Waals surface area contributed by atoms with Crippen molar-refractivity contribution in [3.8, 4) is 17.2 Å². The number of hydrogen-bond acceptors (Lipinski definition) is 6. The van der Waals surface area contributed by atoms with Gasteiger partial charge in [0.15, 0.2) is 23.8 Å². The van der Waals surface area contributed by atoms with Gasteiger partial charge in [-0.2, -0.15) is 0 Å². The van der Waals surface area contributed by atoms with Crippen LogP contribution in [0.25, 0.3) is 0 Å². The first-order chi connectivity index (χ1) is 12.7. The van der Waals surface area contributed by atoms with E-state index in [2.05, 4.69) is 11.9 Å². The number of rotatable bonds is 8. The lowest BCUT2D eigenvalue weighted by Gasteiger charge is -2.20. The van der Waals surface area contributed by atoms with Gasteiger partial charge < -0.3 is 23.5 Å². The van der Waals surface area contributed by atoms with Gasteiger partial charge in [-0.25, -0.2) is 4.98 Å². The summed E-state index contributed by atoms with van der Waals surface area (Å²) >= 11 is 0. The van der Waals surface area contributed by atoms with Gasteiger partial charge in [0.05, 0.1) is 0 Å². The monoisotopic (exact) mass is 358 g/mol. The van der Waals surface area contributed by atoms with Crippen LogP contribution in [0.4, 0.5) is 0 Å². The maximum atomic E-state index is 12.6. The van der Waals surface area contributed by atoms with Crippen LogP contribution in [-0.2, 0) is 6.61 Å². The molecule has 1 saturated carbocycles. The highest BCUT2D eigenvalue weighted by Gasteiger charge is 2.28. The minimum absolute atomic E-state index is 0.0724. The molecule has 1 aromatic carbocycles. The molecule has 4 rings (SSSR count). The molecule has 1 amide bonds. The van der Waals surface area contributed by atoms with Crippen molar-refractivity contribution in [3.05, 3.63) is 36.0 Å². The van der Waals surface area contributed by atoms with Gasteiger partial charge in [-0.05, 0) is 37.3 Å². The number of nitrogens with zero attached hydrogens (tertiary/aromatic N) is 2. The number of aromatic nitrogens is 1. The van der Waals surface area contributed by atoms with Crippen LogP contribution >= 0.6 is 0 Å². The summed E-state index contributed by atoms with van der Waals surface area (Å²) in [5.41, 5.74) is 0.336. The quantitative estimate of drug-likeness (QED) is 0.721. The first-order valence-corrected chi connectivity index (χ1v) is 8.99. The van der Waals surface area contributed by atoms with Gasteiger partial charge in [0.2, 0.25) is 12.7 Å². The molecule has 2 heterocycles. The molecule has 2 aromatic rings. The van der Waals surface area contributed by atoms with Crippen LogP contribution in [0.3, 0.4) is 0 Å². The van der Waals surface area contributed by atoms with Gasteiger partial charge in [-0.3, -0.25) is 4.79 Å². The lowest BCUT2D eigenvalue weighted by molar-refractivity contribution is 0.0741. The topological polar surface area (TPSA) is 74.0 Å². The predicted molar refractivity (Wildman–Crippen MR) is 92.3 cm³/mol. The Balaban J connectivity index is 1.36. The second-order valence-electron chi connectivity index (χ2n) is 6.62. The molecule has 0 atom stereocenters. The Hall–Kier alpha value is -2.70. The second-order valence-corrected chi connectivity index (χ2v) is 6.62. The van der Waals surface area contributed by atoms with Crippen LogP contribution in [-0.4, -0.2) is 35.7 Å². The highest BCUT2D eigenvalue weighted by Crippen LogP contribution is 2.35. The first kappa shape index (κ1) is 16.8. The van der Waals surface area contributed by atoms with Gasteiger partial charge >= 0.3 is 0 Å². The van der Waals surface area contributed by atoms with E-state index in [-0.39, 0.29) is 19.3 Å². The van der Waals surface area contributed by atoms with Gasteiger partial charge in [-0.1, -0.05) is 6.92 Å². The number of ether oxygens (including phenoxy) is 3. The molecule has 26 heavy (non-hydrogen) atoms. The molecule has 1 aliphatic heterocycles. The molecular formula is C19H22N2O5. The number of amides is 1. The van der Waals surface area contributed by atoms with Crippen LogP contribution < -0.4 is 14.2 Å². The molecule has 1 aromatic heterocycles. The summed E-state index contributed by atoms with van der Waals surface area (Å²) in [7, 11) is 0. The molecule has 0 radical (unpaired) electrons. The van der Waals surface area contributed by atoms with Gasteiger partial charge in [0.1, 0.15) is 12.0 Å². The SMILES string of the molecule is CCCN(CC1CC1)C(=O)c1coc(COc2ccc3c(c2)OCO3)n1. The van der Waals surface area contributed by atoms with E-state index in [1.807, 2.05) is 4.90 Å². The molecular weight excluding hydrogens is 336 g/mol. The summed E-state index contributed by atoms with van der Waals surface area (Å²) in [6.45, 7) is 3.98. The van der Waals surface area contributed by atoms with E-state index in [4.69, 9.17) is 18.6 Å². The summed E-state index contributed by atoms with van der Waals surface area (Å²) in [5.74, 6) is 2.92.